The SMILES string of the molecule is O=C(NCCS(=O)(=O)N1CCN(c2ncccn2)CC1)c1cccc2ccccc12. The summed E-state index contributed by atoms with van der Waals surface area (Å²) in [6, 6.07) is 14.9. The fourth-order valence-electron chi connectivity index (χ4n) is 3.56. The molecule has 1 aliphatic rings. The van der Waals surface area contributed by atoms with Crippen molar-refractivity contribution in [3.05, 3.63) is 66.5 Å². The van der Waals surface area contributed by atoms with E-state index < -0.39 is 10.0 Å². The predicted molar refractivity (Wildman–Crippen MR) is 116 cm³/mol. The van der Waals surface area contributed by atoms with Crippen molar-refractivity contribution in [2.45, 2.75) is 0 Å². The lowest BCUT2D eigenvalue weighted by molar-refractivity contribution is 0.0957. The van der Waals surface area contributed by atoms with Crippen molar-refractivity contribution in [3.63, 3.8) is 0 Å². The van der Waals surface area contributed by atoms with Crippen LogP contribution in [-0.4, -0.2) is 67.1 Å². The Morgan fingerprint density at radius 3 is 2.40 bits per heavy atom. The molecule has 0 aliphatic carbocycles. The maximum Gasteiger partial charge on any atom is 0.251 e. The van der Waals surface area contributed by atoms with Gasteiger partial charge in [-0.25, -0.2) is 18.4 Å². The molecule has 2 aromatic carbocycles. The summed E-state index contributed by atoms with van der Waals surface area (Å²) in [5.74, 6) is 0.204. The quantitative estimate of drug-likeness (QED) is 0.643. The van der Waals surface area contributed by atoms with Crippen LogP contribution in [0, 0.1) is 0 Å². The molecule has 1 fully saturated rings. The second-order valence-electron chi connectivity index (χ2n) is 7.03. The van der Waals surface area contributed by atoms with Gasteiger partial charge in [0.05, 0.1) is 5.75 Å². The van der Waals surface area contributed by atoms with Gasteiger partial charge in [-0.05, 0) is 22.9 Å². The predicted octanol–water partition coefficient (Wildman–Crippen LogP) is 1.51. The molecule has 0 unspecified atom stereocenters. The van der Waals surface area contributed by atoms with Crippen LogP contribution in [0.2, 0.25) is 0 Å². The number of piperazine rings is 1. The Morgan fingerprint density at radius 1 is 0.933 bits per heavy atom. The number of nitrogens with zero attached hydrogens (tertiary/aromatic N) is 4. The standard InChI is InChI=1S/C21H23N5O3S/c27-20(19-8-3-6-17-5-1-2-7-18(17)19)22-11-16-30(28,29)26-14-12-25(13-15-26)21-23-9-4-10-24-21/h1-10H,11-16H2,(H,22,27). The first-order valence-electron chi connectivity index (χ1n) is 9.80. The Hall–Kier alpha value is -3.04. The number of hydrogen-bond acceptors (Lipinski definition) is 6. The third kappa shape index (κ3) is 4.42. The molecule has 1 saturated heterocycles. The number of carbonyl (C=O) groups excluding carboxylic acids is 1. The van der Waals surface area contributed by atoms with E-state index in [1.54, 1.807) is 24.5 Å². The van der Waals surface area contributed by atoms with Crippen molar-refractivity contribution < 1.29 is 13.2 Å². The molecule has 0 atom stereocenters. The number of rotatable bonds is 6. The second-order valence-corrected chi connectivity index (χ2v) is 9.12. The van der Waals surface area contributed by atoms with Gasteiger partial charge < -0.3 is 10.2 Å². The highest BCUT2D eigenvalue weighted by Gasteiger charge is 2.27. The van der Waals surface area contributed by atoms with Crippen molar-refractivity contribution >= 4 is 32.7 Å². The van der Waals surface area contributed by atoms with Crippen molar-refractivity contribution in [1.29, 1.82) is 0 Å². The van der Waals surface area contributed by atoms with E-state index in [1.165, 1.54) is 4.31 Å². The van der Waals surface area contributed by atoms with Gasteiger partial charge in [-0.2, -0.15) is 4.31 Å². The van der Waals surface area contributed by atoms with Gasteiger partial charge in [-0.15, -0.1) is 0 Å². The molecule has 4 rings (SSSR count). The van der Waals surface area contributed by atoms with Crippen LogP contribution in [0.25, 0.3) is 10.8 Å². The van der Waals surface area contributed by atoms with E-state index in [-0.39, 0.29) is 18.2 Å². The van der Waals surface area contributed by atoms with Crippen molar-refractivity contribution in [2.75, 3.05) is 43.4 Å². The van der Waals surface area contributed by atoms with Crippen LogP contribution in [-0.2, 0) is 10.0 Å². The molecule has 1 amide bonds. The number of fused-ring (bicyclic) bond motifs is 1. The molecule has 30 heavy (non-hydrogen) atoms. The summed E-state index contributed by atoms with van der Waals surface area (Å²) < 4.78 is 26.8. The number of sulfonamides is 1. The molecule has 0 spiro atoms. The van der Waals surface area contributed by atoms with Gasteiger partial charge >= 0.3 is 0 Å². The van der Waals surface area contributed by atoms with Gasteiger partial charge in [-0.1, -0.05) is 36.4 Å². The maximum atomic E-state index is 12.7. The minimum Gasteiger partial charge on any atom is -0.351 e. The molecule has 2 heterocycles. The van der Waals surface area contributed by atoms with E-state index in [0.29, 0.717) is 37.7 Å². The highest BCUT2D eigenvalue weighted by Crippen LogP contribution is 2.18. The Bertz CT molecular complexity index is 1120. The van der Waals surface area contributed by atoms with Crippen LogP contribution in [0.15, 0.2) is 60.9 Å². The van der Waals surface area contributed by atoms with Crippen molar-refractivity contribution in [2.24, 2.45) is 0 Å². The summed E-state index contributed by atoms with van der Waals surface area (Å²) >= 11 is 0. The van der Waals surface area contributed by atoms with Crippen LogP contribution >= 0.6 is 0 Å². The van der Waals surface area contributed by atoms with Crippen LogP contribution in [0.3, 0.4) is 0 Å². The second kappa shape index (κ2) is 8.76. The van der Waals surface area contributed by atoms with Gasteiger partial charge in [0.1, 0.15) is 0 Å². The zero-order valence-electron chi connectivity index (χ0n) is 16.4. The summed E-state index contributed by atoms with van der Waals surface area (Å²) in [6.45, 7) is 1.87. The molecule has 1 aromatic heterocycles. The lowest BCUT2D eigenvalue weighted by Gasteiger charge is -2.33. The van der Waals surface area contributed by atoms with E-state index in [1.807, 2.05) is 41.3 Å². The molecule has 0 bridgehead atoms. The van der Waals surface area contributed by atoms with E-state index in [4.69, 9.17) is 0 Å². The zero-order chi connectivity index (χ0) is 21.0. The molecular formula is C21H23N5O3S. The highest BCUT2D eigenvalue weighted by molar-refractivity contribution is 7.89. The molecule has 1 aliphatic heterocycles. The lowest BCUT2D eigenvalue weighted by atomic mass is 10.0. The van der Waals surface area contributed by atoms with E-state index >= 15 is 0 Å². The van der Waals surface area contributed by atoms with Gasteiger partial charge in [0.2, 0.25) is 16.0 Å². The Kier molecular flexibility index (Phi) is 5.91. The zero-order valence-corrected chi connectivity index (χ0v) is 17.3. The van der Waals surface area contributed by atoms with Crippen LogP contribution in [0.4, 0.5) is 5.95 Å². The molecule has 3 aromatic rings. The summed E-state index contributed by atoms with van der Waals surface area (Å²) in [6.07, 6.45) is 3.34. The summed E-state index contributed by atoms with van der Waals surface area (Å²) in [5, 5.41) is 4.56. The Morgan fingerprint density at radius 2 is 1.63 bits per heavy atom. The van der Waals surface area contributed by atoms with Gasteiger partial charge in [-0.3, -0.25) is 4.79 Å². The van der Waals surface area contributed by atoms with E-state index in [9.17, 15) is 13.2 Å². The number of benzene rings is 2. The normalized spacial score (nSPS) is 15.3. The number of amides is 1. The molecule has 9 heteroatoms. The van der Waals surface area contributed by atoms with Crippen LogP contribution < -0.4 is 10.2 Å². The third-order valence-corrected chi connectivity index (χ3v) is 7.02. The molecule has 8 nitrogen and oxygen atoms in total. The van der Waals surface area contributed by atoms with Gasteiger partial charge in [0.25, 0.3) is 5.91 Å². The fourth-order valence-corrected chi connectivity index (χ4v) is 4.90. The third-order valence-electron chi connectivity index (χ3n) is 5.15. The number of carbonyl (C=O) groups is 1. The average molecular weight is 426 g/mol. The van der Waals surface area contributed by atoms with Crippen molar-refractivity contribution in [3.8, 4) is 0 Å². The largest absolute Gasteiger partial charge is 0.351 e. The van der Waals surface area contributed by atoms with Gasteiger partial charge in [0.15, 0.2) is 0 Å². The van der Waals surface area contributed by atoms with Crippen LogP contribution in [0.5, 0.6) is 0 Å². The number of aromatic nitrogens is 2. The number of hydrogen-bond donors (Lipinski definition) is 1. The minimum absolute atomic E-state index is 0.0619. The molecule has 0 radical (unpaired) electrons. The molecule has 156 valence electrons. The first-order valence-corrected chi connectivity index (χ1v) is 11.4. The summed E-state index contributed by atoms with van der Waals surface area (Å²) in [4.78, 5) is 23.0. The first kappa shape index (κ1) is 20.2. The smallest absolute Gasteiger partial charge is 0.251 e. The lowest BCUT2D eigenvalue weighted by Crippen LogP contribution is -2.50. The Balaban J connectivity index is 1.32. The van der Waals surface area contributed by atoms with Crippen molar-refractivity contribution in [1.82, 2.24) is 19.6 Å². The first-order chi connectivity index (χ1) is 14.5. The molecule has 0 saturated carbocycles. The minimum atomic E-state index is -3.46. The number of anilines is 1. The van der Waals surface area contributed by atoms with Gasteiger partial charge in [0, 0.05) is 50.7 Å². The molecular weight excluding hydrogens is 402 g/mol. The fraction of sp³-hybridized carbons (Fsp3) is 0.286. The summed E-state index contributed by atoms with van der Waals surface area (Å²) in [5.41, 5.74) is 0.543. The monoisotopic (exact) mass is 425 g/mol. The summed E-state index contributed by atoms with van der Waals surface area (Å²) in [7, 11) is -3.46. The topological polar surface area (TPSA) is 95.5 Å². The van der Waals surface area contributed by atoms with Crippen LogP contribution in [0.1, 0.15) is 10.4 Å². The number of nitrogens with one attached hydrogen (secondary N) is 1. The molecule has 1 N–H and O–H groups in total. The van der Waals surface area contributed by atoms with E-state index in [0.717, 1.165) is 10.8 Å². The Labute approximate surface area is 175 Å². The maximum absolute atomic E-state index is 12.7. The average Bonchev–Trinajstić information content (AvgIpc) is 2.79. The van der Waals surface area contributed by atoms with E-state index in [2.05, 4.69) is 15.3 Å². The highest BCUT2D eigenvalue weighted by atomic mass is 32.2.